The standard InChI is InChI=1S/C15H27N5/c1-10-8-20(9-11(2)16-10)14-17-13(18-19-14)12-6-5-7-15(12,3)4/h10-12,16H,5-9H2,1-4H3,(H,17,18,19). The van der Waals surface area contributed by atoms with Crippen LogP contribution in [0.4, 0.5) is 5.95 Å². The maximum atomic E-state index is 4.81. The first-order valence-corrected chi connectivity index (χ1v) is 7.89. The summed E-state index contributed by atoms with van der Waals surface area (Å²) in [5.41, 5.74) is 0.348. The van der Waals surface area contributed by atoms with E-state index in [1.165, 1.54) is 19.3 Å². The van der Waals surface area contributed by atoms with E-state index in [9.17, 15) is 0 Å². The number of aromatic amines is 1. The number of rotatable bonds is 2. The van der Waals surface area contributed by atoms with Gasteiger partial charge in [-0.2, -0.15) is 4.98 Å². The van der Waals surface area contributed by atoms with Gasteiger partial charge in [0, 0.05) is 31.1 Å². The largest absolute Gasteiger partial charge is 0.336 e. The minimum Gasteiger partial charge on any atom is -0.336 e. The summed E-state index contributed by atoms with van der Waals surface area (Å²) in [6, 6.07) is 0.979. The highest BCUT2D eigenvalue weighted by molar-refractivity contribution is 5.31. The molecule has 0 bridgehead atoms. The minimum absolute atomic E-state index is 0.348. The lowest BCUT2D eigenvalue weighted by Crippen LogP contribution is -2.54. The average Bonchev–Trinajstić information content (AvgIpc) is 2.93. The Kier molecular flexibility index (Phi) is 3.48. The van der Waals surface area contributed by atoms with Crippen LogP contribution in [0.1, 0.15) is 58.7 Å². The summed E-state index contributed by atoms with van der Waals surface area (Å²) < 4.78 is 0. The third-order valence-electron chi connectivity index (χ3n) is 4.92. The SMILES string of the molecule is CC1CN(c2n[nH]c(C3CCCC3(C)C)n2)CC(C)N1. The number of anilines is 1. The quantitative estimate of drug-likeness (QED) is 0.871. The minimum atomic E-state index is 0.348. The molecule has 1 aromatic heterocycles. The van der Waals surface area contributed by atoms with Crippen molar-refractivity contribution >= 4 is 5.95 Å². The third-order valence-corrected chi connectivity index (χ3v) is 4.92. The molecule has 1 aliphatic carbocycles. The summed E-state index contributed by atoms with van der Waals surface area (Å²) >= 11 is 0. The van der Waals surface area contributed by atoms with Crippen molar-refractivity contribution in [1.29, 1.82) is 0 Å². The number of hydrogen-bond donors (Lipinski definition) is 2. The summed E-state index contributed by atoms with van der Waals surface area (Å²) in [4.78, 5) is 7.11. The molecule has 2 aliphatic rings. The number of hydrogen-bond acceptors (Lipinski definition) is 4. The summed E-state index contributed by atoms with van der Waals surface area (Å²) in [6.45, 7) is 11.1. The second-order valence-corrected chi connectivity index (χ2v) is 7.33. The van der Waals surface area contributed by atoms with E-state index in [-0.39, 0.29) is 0 Å². The van der Waals surface area contributed by atoms with Crippen molar-refractivity contribution in [3.63, 3.8) is 0 Å². The second kappa shape index (κ2) is 5.02. The van der Waals surface area contributed by atoms with E-state index >= 15 is 0 Å². The number of nitrogens with one attached hydrogen (secondary N) is 2. The molecule has 0 aromatic carbocycles. The molecule has 1 saturated carbocycles. The maximum Gasteiger partial charge on any atom is 0.244 e. The van der Waals surface area contributed by atoms with E-state index in [0.717, 1.165) is 24.9 Å². The van der Waals surface area contributed by atoms with Crippen molar-refractivity contribution < 1.29 is 0 Å². The highest BCUT2D eigenvalue weighted by Crippen LogP contribution is 2.47. The Balaban J connectivity index is 1.77. The second-order valence-electron chi connectivity index (χ2n) is 7.33. The fraction of sp³-hybridized carbons (Fsp3) is 0.867. The van der Waals surface area contributed by atoms with Crippen molar-refractivity contribution in [2.45, 2.75) is 65.0 Å². The molecular weight excluding hydrogens is 250 g/mol. The van der Waals surface area contributed by atoms with Crippen LogP contribution in [0.25, 0.3) is 0 Å². The van der Waals surface area contributed by atoms with E-state index in [2.05, 4.69) is 48.1 Å². The van der Waals surface area contributed by atoms with Gasteiger partial charge in [0.25, 0.3) is 0 Å². The molecule has 0 amide bonds. The van der Waals surface area contributed by atoms with Crippen LogP contribution in [-0.4, -0.2) is 40.4 Å². The van der Waals surface area contributed by atoms with Gasteiger partial charge >= 0.3 is 0 Å². The van der Waals surface area contributed by atoms with Gasteiger partial charge < -0.3 is 10.2 Å². The van der Waals surface area contributed by atoms with Gasteiger partial charge in [-0.15, -0.1) is 5.10 Å². The van der Waals surface area contributed by atoms with E-state index in [4.69, 9.17) is 4.98 Å². The van der Waals surface area contributed by atoms with Crippen LogP contribution in [0.15, 0.2) is 0 Å². The van der Waals surface area contributed by atoms with Gasteiger partial charge in [-0.1, -0.05) is 20.3 Å². The molecule has 0 spiro atoms. The van der Waals surface area contributed by atoms with E-state index in [1.807, 2.05) is 0 Å². The molecule has 1 saturated heterocycles. The van der Waals surface area contributed by atoms with Gasteiger partial charge in [-0.3, -0.25) is 5.10 Å². The molecule has 1 aliphatic heterocycles. The van der Waals surface area contributed by atoms with Crippen molar-refractivity contribution in [2.24, 2.45) is 5.41 Å². The first kappa shape index (κ1) is 13.9. The van der Waals surface area contributed by atoms with E-state index in [0.29, 0.717) is 23.4 Å². The fourth-order valence-electron chi connectivity index (χ4n) is 3.89. The smallest absolute Gasteiger partial charge is 0.244 e. The zero-order valence-electron chi connectivity index (χ0n) is 13.1. The lowest BCUT2D eigenvalue weighted by Gasteiger charge is -2.35. The van der Waals surface area contributed by atoms with Crippen LogP contribution >= 0.6 is 0 Å². The summed E-state index contributed by atoms with van der Waals surface area (Å²) in [5.74, 6) is 2.49. The molecule has 0 radical (unpaired) electrons. The Morgan fingerprint density at radius 2 is 1.90 bits per heavy atom. The third kappa shape index (κ3) is 2.55. The summed E-state index contributed by atoms with van der Waals surface area (Å²) in [6.07, 6.45) is 3.82. The van der Waals surface area contributed by atoms with Crippen molar-refractivity contribution in [2.75, 3.05) is 18.0 Å². The Morgan fingerprint density at radius 1 is 1.20 bits per heavy atom. The molecule has 5 nitrogen and oxygen atoms in total. The zero-order chi connectivity index (χ0) is 14.3. The molecule has 3 rings (SSSR count). The first-order chi connectivity index (χ1) is 9.45. The van der Waals surface area contributed by atoms with Gasteiger partial charge in [0.1, 0.15) is 5.82 Å². The monoisotopic (exact) mass is 277 g/mol. The first-order valence-electron chi connectivity index (χ1n) is 7.89. The molecule has 2 N–H and O–H groups in total. The Labute approximate surface area is 121 Å². The predicted octanol–water partition coefficient (Wildman–Crippen LogP) is 2.29. The van der Waals surface area contributed by atoms with Crippen LogP contribution in [0, 0.1) is 5.41 Å². The number of aromatic nitrogens is 3. The van der Waals surface area contributed by atoms with Crippen molar-refractivity contribution in [3.05, 3.63) is 5.82 Å². The van der Waals surface area contributed by atoms with Crippen LogP contribution in [0.5, 0.6) is 0 Å². The molecule has 5 heteroatoms. The fourth-order valence-corrected chi connectivity index (χ4v) is 3.89. The van der Waals surface area contributed by atoms with Gasteiger partial charge in [0.2, 0.25) is 5.95 Å². The van der Waals surface area contributed by atoms with E-state index < -0.39 is 0 Å². The molecule has 2 fully saturated rings. The summed E-state index contributed by atoms with van der Waals surface area (Å²) in [7, 11) is 0. The average molecular weight is 277 g/mol. The molecule has 3 unspecified atom stereocenters. The van der Waals surface area contributed by atoms with Gasteiger partial charge in [0.05, 0.1) is 0 Å². The van der Waals surface area contributed by atoms with Gasteiger partial charge in [-0.25, -0.2) is 0 Å². The molecule has 1 aromatic rings. The lowest BCUT2D eigenvalue weighted by molar-refractivity contribution is 0.322. The predicted molar refractivity (Wildman–Crippen MR) is 81.0 cm³/mol. The zero-order valence-corrected chi connectivity index (χ0v) is 13.1. The van der Waals surface area contributed by atoms with Crippen LogP contribution < -0.4 is 10.2 Å². The number of piperazine rings is 1. The van der Waals surface area contributed by atoms with Gasteiger partial charge in [-0.05, 0) is 32.1 Å². The van der Waals surface area contributed by atoms with Gasteiger partial charge in [0.15, 0.2) is 0 Å². The Bertz CT molecular complexity index is 457. The molecule has 2 heterocycles. The molecular formula is C15H27N5. The maximum absolute atomic E-state index is 4.81. The van der Waals surface area contributed by atoms with Crippen molar-refractivity contribution in [3.8, 4) is 0 Å². The van der Waals surface area contributed by atoms with Crippen LogP contribution in [0.2, 0.25) is 0 Å². The lowest BCUT2D eigenvalue weighted by atomic mass is 9.81. The van der Waals surface area contributed by atoms with Crippen LogP contribution in [-0.2, 0) is 0 Å². The topological polar surface area (TPSA) is 56.8 Å². The molecule has 20 heavy (non-hydrogen) atoms. The molecule has 112 valence electrons. The van der Waals surface area contributed by atoms with Crippen LogP contribution in [0.3, 0.4) is 0 Å². The Morgan fingerprint density at radius 3 is 2.50 bits per heavy atom. The number of H-pyrrole nitrogens is 1. The number of nitrogens with zero attached hydrogens (tertiary/aromatic N) is 3. The molecule has 3 atom stereocenters. The Hall–Kier alpha value is -1.10. The normalized spacial score (nSPS) is 33.6. The highest BCUT2D eigenvalue weighted by Gasteiger charge is 2.38. The van der Waals surface area contributed by atoms with E-state index in [1.54, 1.807) is 0 Å². The highest BCUT2D eigenvalue weighted by atomic mass is 15.4. The summed E-state index contributed by atoms with van der Waals surface area (Å²) in [5, 5.41) is 11.2. The van der Waals surface area contributed by atoms with Crippen molar-refractivity contribution in [1.82, 2.24) is 20.5 Å².